The average Bonchev–Trinajstić information content (AvgIpc) is 3.35. The molecule has 3 aromatic rings. The van der Waals surface area contributed by atoms with Gasteiger partial charge in [-0.25, -0.2) is 9.79 Å². The zero-order chi connectivity index (χ0) is 22.0. The topological polar surface area (TPSA) is 79.2 Å². The van der Waals surface area contributed by atoms with Gasteiger partial charge in [-0.15, -0.1) is 11.3 Å². The zero-order valence-electron chi connectivity index (χ0n) is 16.7. The van der Waals surface area contributed by atoms with Gasteiger partial charge in [0.25, 0.3) is 5.91 Å². The highest BCUT2D eigenvalue weighted by Crippen LogP contribution is 2.36. The Bertz CT molecular complexity index is 1200. The van der Waals surface area contributed by atoms with Gasteiger partial charge in [0.05, 0.1) is 23.3 Å². The van der Waals surface area contributed by atoms with Crippen LogP contribution in [0.3, 0.4) is 0 Å². The molecular formula is C23H18N2O4S2. The lowest BCUT2D eigenvalue weighted by molar-refractivity contribution is -0.121. The van der Waals surface area contributed by atoms with E-state index in [2.05, 4.69) is 4.99 Å². The Kier molecular flexibility index (Phi) is 5.92. The molecule has 0 bridgehead atoms. The number of aromatic carboxylic acids is 1. The molecule has 1 aliphatic rings. The number of methoxy groups -OCH3 is 1. The average molecular weight is 451 g/mol. The summed E-state index contributed by atoms with van der Waals surface area (Å²) in [6.07, 6.45) is 1.86. The summed E-state index contributed by atoms with van der Waals surface area (Å²) < 4.78 is 5.16. The van der Waals surface area contributed by atoms with E-state index in [1.54, 1.807) is 43.3 Å². The summed E-state index contributed by atoms with van der Waals surface area (Å²) in [6.45, 7) is 0. The third kappa shape index (κ3) is 4.55. The Labute approximate surface area is 187 Å². The van der Waals surface area contributed by atoms with Crippen LogP contribution in [0.1, 0.15) is 15.2 Å². The van der Waals surface area contributed by atoms with Crippen LogP contribution in [0.5, 0.6) is 5.75 Å². The summed E-state index contributed by atoms with van der Waals surface area (Å²) in [7, 11) is 3.32. The van der Waals surface area contributed by atoms with Crippen molar-refractivity contribution in [3.8, 4) is 16.2 Å². The van der Waals surface area contributed by atoms with Crippen molar-refractivity contribution in [1.82, 2.24) is 4.90 Å². The zero-order valence-corrected chi connectivity index (χ0v) is 18.4. The van der Waals surface area contributed by atoms with Crippen molar-refractivity contribution < 1.29 is 19.4 Å². The maximum atomic E-state index is 12.7. The number of aliphatic imine (C=N–C) groups is 1. The number of likely N-dealkylation sites (N-methyl/N-ethyl adjacent to an activating group) is 1. The number of carboxylic acid groups (broad SMARTS) is 1. The van der Waals surface area contributed by atoms with Crippen molar-refractivity contribution in [2.75, 3.05) is 14.2 Å². The fourth-order valence-electron chi connectivity index (χ4n) is 2.91. The van der Waals surface area contributed by atoms with Crippen molar-refractivity contribution >= 4 is 51.9 Å². The minimum atomic E-state index is -0.948. The number of hydrogen-bond donors (Lipinski definition) is 1. The second-order valence-corrected chi connectivity index (χ2v) is 8.78. The number of benzene rings is 2. The van der Waals surface area contributed by atoms with Crippen LogP contribution in [0.4, 0.5) is 5.69 Å². The largest absolute Gasteiger partial charge is 0.497 e. The molecule has 2 heterocycles. The first-order valence-electron chi connectivity index (χ1n) is 9.28. The number of rotatable bonds is 5. The Morgan fingerprint density at radius 1 is 1.06 bits per heavy atom. The number of carbonyl (C=O) groups is 2. The molecule has 0 aliphatic carbocycles. The molecule has 0 spiro atoms. The molecule has 1 N–H and O–H groups in total. The smallest absolute Gasteiger partial charge is 0.335 e. The van der Waals surface area contributed by atoms with Crippen molar-refractivity contribution in [2.24, 2.45) is 4.99 Å². The molecule has 0 saturated carbocycles. The molecule has 0 atom stereocenters. The van der Waals surface area contributed by atoms with Crippen LogP contribution in [0, 0.1) is 0 Å². The van der Waals surface area contributed by atoms with Crippen molar-refractivity contribution in [1.29, 1.82) is 0 Å². The molecule has 1 amide bonds. The minimum Gasteiger partial charge on any atom is -0.497 e. The van der Waals surface area contributed by atoms with Crippen molar-refractivity contribution in [3.05, 3.63) is 76.0 Å². The first kappa shape index (κ1) is 20.9. The summed E-state index contributed by atoms with van der Waals surface area (Å²) in [5.41, 5.74) is 1.93. The Hall–Kier alpha value is -3.36. The van der Waals surface area contributed by atoms with Crippen LogP contribution in [0.2, 0.25) is 0 Å². The van der Waals surface area contributed by atoms with Crippen molar-refractivity contribution in [2.45, 2.75) is 0 Å². The molecule has 4 rings (SSSR count). The van der Waals surface area contributed by atoms with Gasteiger partial charge < -0.3 is 9.84 Å². The molecule has 0 unspecified atom stereocenters. The minimum absolute atomic E-state index is 0.0991. The number of hydrogen-bond acceptors (Lipinski definition) is 6. The van der Waals surface area contributed by atoms with E-state index in [0.717, 1.165) is 26.8 Å². The standard InChI is InChI=1S/C23H18N2O4S2/c1-25-21(26)20(31-23(25)24-16-7-9-17(29-2)10-8-16)13-18-11-12-19(30-18)14-3-5-15(6-4-14)22(27)28/h3-13H,1-2H3,(H,27,28)/b20-13-,24-23?. The monoisotopic (exact) mass is 450 g/mol. The molecule has 8 heteroatoms. The SMILES string of the molecule is COc1ccc(N=C2S/C(=C\c3ccc(-c4ccc(C(=O)O)cc4)s3)C(=O)N2C)cc1. The lowest BCUT2D eigenvalue weighted by Gasteiger charge is -2.07. The van der Waals surface area contributed by atoms with E-state index in [4.69, 9.17) is 9.84 Å². The predicted octanol–water partition coefficient (Wildman–Crippen LogP) is 5.36. The number of carbonyl (C=O) groups excluding carboxylic acids is 1. The van der Waals surface area contributed by atoms with Crippen LogP contribution >= 0.6 is 23.1 Å². The molecule has 1 aliphatic heterocycles. The van der Waals surface area contributed by atoms with Gasteiger partial charge in [0.1, 0.15) is 5.75 Å². The number of thiophene rings is 1. The van der Waals surface area contributed by atoms with E-state index in [9.17, 15) is 9.59 Å². The lowest BCUT2D eigenvalue weighted by Crippen LogP contribution is -2.23. The quantitative estimate of drug-likeness (QED) is 0.530. The summed E-state index contributed by atoms with van der Waals surface area (Å²) >= 11 is 2.87. The maximum Gasteiger partial charge on any atom is 0.335 e. The number of nitrogens with zero attached hydrogens (tertiary/aromatic N) is 2. The van der Waals surface area contributed by atoms with Gasteiger partial charge in [0.15, 0.2) is 5.17 Å². The van der Waals surface area contributed by atoms with Crippen molar-refractivity contribution in [3.63, 3.8) is 0 Å². The summed E-state index contributed by atoms with van der Waals surface area (Å²) in [6, 6.07) is 18.0. The third-order valence-corrected chi connectivity index (χ3v) is 6.76. The Morgan fingerprint density at radius 2 is 1.77 bits per heavy atom. The van der Waals surface area contributed by atoms with Gasteiger partial charge in [-0.05, 0) is 71.9 Å². The predicted molar refractivity (Wildman–Crippen MR) is 125 cm³/mol. The highest BCUT2D eigenvalue weighted by Gasteiger charge is 2.30. The van der Waals surface area contributed by atoms with E-state index in [1.807, 2.05) is 42.5 Å². The molecule has 6 nitrogen and oxygen atoms in total. The normalized spacial score (nSPS) is 16.3. The van der Waals surface area contributed by atoms with Crippen LogP contribution in [0.25, 0.3) is 16.5 Å². The number of amidine groups is 1. The number of carboxylic acids is 1. The Balaban J connectivity index is 1.54. The van der Waals surface area contributed by atoms with Crippen LogP contribution < -0.4 is 4.74 Å². The summed E-state index contributed by atoms with van der Waals surface area (Å²) in [5.74, 6) is -0.298. The van der Waals surface area contributed by atoms with Gasteiger partial charge in [0.2, 0.25) is 0 Å². The van der Waals surface area contributed by atoms with Gasteiger partial charge in [-0.3, -0.25) is 9.69 Å². The molecule has 31 heavy (non-hydrogen) atoms. The van der Waals surface area contributed by atoms with Crippen LogP contribution in [-0.4, -0.2) is 41.2 Å². The van der Waals surface area contributed by atoms with Gasteiger partial charge in [0, 0.05) is 16.8 Å². The molecular weight excluding hydrogens is 432 g/mol. The van der Waals surface area contributed by atoms with Gasteiger partial charge in [-0.1, -0.05) is 12.1 Å². The van der Waals surface area contributed by atoms with E-state index in [1.165, 1.54) is 23.1 Å². The van der Waals surface area contributed by atoms with E-state index >= 15 is 0 Å². The number of ether oxygens (including phenoxy) is 1. The second kappa shape index (κ2) is 8.79. The third-order valence-electron chi connectivity index (χ3n) is 4.62. The summed E-state index contributed by atoms with van der Waals surface area (Å²) in [5, 5.41) is 9.65. The van der Waals surface area contributed by atoms with Crippen LogP contribution in [-0.2, 0) is 4.79 Å². The van der Waals surface area contributed by atoms with E-state index in [0.29, 0.717) is 10.1 Å². The molecule has 0 radical (unpaired) electrons. The van der Waals surface area contributed by atoms with Gasteiger partial charge >= 0.3 is 5.97 Å². The fourth-order valence-corrected chi connectivity index (χ4v) is 4.92. The molecule has 1 saturated heterocycles. The highest BCUT2D eigenvalue weighted by atomic mass is 32.2. The first-order chi connectivity index (χ1) is 14.9. The van der Waals surface area contributed by atoms with E-state index in [-0.39, 0.29) is 11.5 Å². The molecule has 1 fully saturated rings. The van der Waals surface area contributed by atoms with Crippen LogP contribution in [0.15, 0.2) is 70.6 Å². The summed E-state index contributed by atoms with van der Waals surface area (Å²) in [4.78, 5) is 32.3. The molecule has 1 aromatic heterocycles. The first-order valence-corrected chi connectivity index (χ1v) is 10.9. The molecule has 2 aromatic carbocycles. The molecule has 156 valence electrons. The van der Waals surface area contributed by atoms with E-state index < -0.39 is 5.97 Å². The Morgan fingerprint density at radius 3 is 2.42 bits per heavy atom. The fraction of sp³-hybridized carbons (Fsp3) is 0.0870. The van der Waals surface area contributed by atoms with Gasteiger partial charge in [-0.2, -0.15) is 0 Å². The second-order valence-electron chi connectivity index (χ2n) is 6.65. The maximum absolute atomic E-state index is 12.7. The number of amides is 1. The number of thioether (sulfide) groups is 1. The lowest BCUT2D eigenvalue weighted by atomic mass is 10.1. The highest BCUT2D eigenvalue weighted by molar-refractivity contribution is 8.18.